The van der Waals surface area contributed by atoms with Crippen LogP contribution in [0.1, 0.15) is 43.4 Å². The topological polar surface area (TPSA) is 52.0 Å². The van der Waals surface area contributed by atoms with Crippen LogP contribution in [0, 0.1) is 12.8 Å². The van der Waals surface area contributed by atoms with Crippen LogP contribution in [0.4, 0.5) is 5.88 Å². The van der Waals surface area contributed by atoms with Crippen molar-refractivity contribution in [2.75, 3.05) is 5.73 Å². The number of hydrogen-bond acceptors (Lipinski definition) is 3. The lowest BCUT2D eigenvalue weighted by Gasteiger charge is -2.20. The van der Waals surface area contributed by atoms with Crippen molar-refractivity contribution < 1.29 is 4.52 Å². The van der Waals surface area contributed by atoms with Crippen LogP contribution in [0.3, 0.4) is 0 Å². The van der Waals surface area contributed by atoms with Crippen molar-refractivity contribution in [1.82, 2.24) is 5.16 Å². The second-order valence-electron chi connectivity index (χ2n) is 5.89. The highest BCUT2D eigenvalue weighted by atomic mass is 16.5. The van der Waals surface area contributed by atoms with Crippen molar-refractivity contribution in [3.05, 3.63) is 35.5 Å². The van der Waals surface area contributed by atoms with Crippen LogP contribution in [0.2, 0.25) is 0 Å². The second kappa shape index (κ2) is 5.70. The third kappa shape index (κ3) is 2.58. The van der Waals surface area contributed by atoms with Crippen molar-refractivity contribution in [3.8, 4) is 11.1 Å². The molecule has 1 aliphatic carbocycles. The van der Waals surface area contributed by atoms with E-state index >= 15 is 0 Å². The molecule has 3 rings (SSSR count). The summed E-state index contributed by atoms with van der Waals surface area (Å²) in [7, 11) is 0. The molecule has 2 aromatic rings. The molecule has 0 bridgehead atoms. The second-order valence-corrected chi connectivity index (χ2v) is 5.89. The van der Waals surface area contributed by atoms with Gasteiger partial charge in [-0.15, -0.1) is 0 Å². The van der Waals surface area contributed by atoms with Crippen molar-refractivity contribution in [2.24, 2.45) is 5.92 Å². The van der Waals surface area contributed by atoms with Gasteiger partial charge in [-0.2, -0.15) is 0 Å². The van der Waals surface area contributed by atoms with E-state index in [0.29, 0.717) is 5.88 Å². The van der Waals surface area contributed by atoms with E-state index in [-0.39, 0.29) is 0 Å². The largest absolute Gasteiger partial charge is 0.367 e. The minimum absolute atomic E-state index is 0.449. The first-order valence-electron chi connectivity index (χ1n) is 7.55. The third-order valence-electron chi connectivity index (χ3n) is 4.41. The fourth-order valence-corrected chi connectivity index (χ4v) is 3.28. The highest BCUT2D eigenvalue weighted by Gasteiger charge is 2.21. The predicted molar refractivity (Wildman–Crippen MR) is 81.4 cm³/mol. The maximum Gasteiger partial charge on any atom is 0.230 e. The molecule has 1 aromatic heterocycles. The molecular formula is C17H22N2O. The van der Waals surface area contributed by atoms with Gasteiger partial charge in [0.1, 0.15) is 0 Å². The van der Waals surface area contributed by atoms with Crippen molar-refractivity contribution in [2.45, 2.75) is 45.4 Å². The third-order valence-corrected chi connectivity index (χ3v) is 4.41. The summed E-state index contributed by atoms with van der Waals surface area (Å²) in [5.74, 6) is 1.18. The van der Waals surface area contributed by atoms with Gasteiger partial charge >= 0.3 is 0 Å². The van der Waals surface area contributed by atoms with E-state index < -0.39 is 0 Å². The van der Waals surface area contributed by atoms with Crippen molar-refractivity contribution in [1.29, 1.82) is 0 Å². The summed E-state index contributed by atoms with van der Waals surface area (Å²) in [4.78, 5) is 0. The Labute approximate surface area is 120 Å². The summed E-state index contributed by atoms with van der Waals surface area (Å²) >= 11 is 0. The molecule has 0 saturated heterocycles. The van der Waals surface area contributed by atoms with Crippen LogP contribution >= 0.6 is 0 Å². The Kier molecular flexibility index (Phi) is 3.77. The molecular weight excluding hydrogens is 248 g/mol. The van der Waals surface area contributed by atoms with Crippen LogP contribution in [-0.4, -0.2) is 5.16 Å². The molecule has 20 heavy (non-hydrogen) atoms. The first-order valence-corrected chi connectivity index (χ1v) is 7.55. The van der Waals surface area contributed by atoms with Gasteiger partial charge in [0.15, 0.2) is 0 Å². The highest BCUT2D eigenvalue weighted by Crippen LogP contribution is 2.35. The summed E-state index contributed by atoms with van der Waals surface area (Å²) in [6, 6.07) is 8.29. The van der Waals surface area contributed by atoms with Gasteiger partial charge in [-0.25, -0.2) is 0 Å². The van der Waals surface area contributed by atoms with Gasteiger partial charge in [0.05, 0.1) is 11.3 Å². The number of anilines is 1. The van der Waals surface area contributed by atoms with E-state index in [1.165, 1.54) is 37.7 Å². The zero-order valence-electron chi connectivity index (χ0n) is 12.1. The zero-order valence-corrected chi connectivity index (χ0v) is 12.1. The Bertz CT molecular complexity index is 582. The lowest BCUT2D eigenvalue weighted by atomic mass is 9.85. The lowest BCUT2D eigenvalue weighted by molar-refractivity contribution is 0.345. The van der Waals surface area contributed by atoms with Gasteiger partial charge in [0.25, 0.3) is 0 Å². The first-order chi connectivity index (χ1) is 9.75. The molecule has 0 spiro atoms. The van der Waals surface area contributed by atoms with E-state index in [9.17, 15) is 0 Å². The van der Waals surface area contributed by atoms with Crippen LogP contribution in [0.15, 0.2) is 28.8 Å². The minimum Gasteiger partial charge on any atom is -0.367 e. The molecule has 1 saturated carbocycles. The van der Waals surface area contributed by atoms with E-state index in [0.717, 1.165) is 29.2 Å². The Morgan fingerprint density at radius 1 is 1.20 bits per heavy atom. The summed E-state index contributed by atoms with van der Waals surface area (Å²) in [5, 5.41) is 4.23. The zero-order chi connectivity index (χ0) is 13.9. The number of benzene rings is 1. The Hall–Kier alpha value is -1.77. The molecule has 0 radical (unpaired) electrons. The Morgan fingerprint density at radius 2 is 1.95 bits per heavy atom. The molecule has 1 aromatic carbocycles. The average molecular weight is 270 g/mol. The smallest absolute Gasteiger partial charge is 0.230 e. The number of nitrogens with two attached hydrogens (primary N) is 1. The monoisotopic (exact) mass is 270 g/mol. The maximum absolute atomic E-state index is 6.02. The predicted octanol–water partition coefficient (Wildman–Crippen LogP) is 4.36. The standard InChI is InChI=1S/C17H22N2O/c1-12-7-5-6-10-14(12)16-15(19-20-17(16)18)11-13-8-3-2-4-9-13/h5-7,10,13H,2-4,8-9,11,18H2,1H3. The molecule has 1 aliphatic rings. The number of nitrogen functional groups attached to an aromatic ring is 1. The van der Waals surface area contributed by atoms with Crippen molar-refractivity contribution in [3.63, 3.8) is 0 Å². The first kappa shape index (κ1) is 13.2. The number of rotatable bonds is 3. The van der Waals surface area contributed by atoms with Gasteiger partial charge in [-0.3, -0.25) is 0 Å². The Balaban J connectivity index is 1.91. The van der Waals surface area contributed by atoms with Gasteiger partial charge in [-0.05, 0) is 30.4 Å². The molecule has 1 fully saturated rings. The molecule has 106 valence electrons. The minimum atomic E-state index is 0.449. The van der Waals surface area contributed by atoms with Crippen LogP contribution in [0.25, 0.3) is 11.1 Å². The van der Waals surface area contributed by atoms with Gasteiger partial charge in [0.2, 0.25) is 5.88 Å². The average Bonchev–Trinajstić information content (AvgIpc) is 2.82. The quantitative estimate of drug-likeness (QED) is 0.901. The number of aromatic nitrogens is 1. The van der Waals surface area contributed by atoms with Gasteiger partial charge in [0, 0.05) is 0 Å². The maximum atomic E-state index is 6.02. The van der Waals surface area contributed by atoms with E-state index in [1.54, 1.807) is 0 Å². The summed E-state index contributed by atoms with van der Waals surface area (Å²) in [6.07, 6.45) is 7.67. The van der Waals surface area contributed by atoms with Gasteiger partial charge in [-0.1, -0.05) is 61.5 Å². The fourth-order valence-electron chi connectivity index (χ4n) is 3.28. The van der Waals surface area contributed by atoms with E-state index in [4.69, 9.17) is 10.3 Å². The molecule has 0 atom stereocenters. The molecule has 1 heterocycles. The highest BCUT2D eigenvalue weighted by molar-refractivity contribution is 5.77. The summed E-state index contributed by atoms with van der Waals surface area (Å²) < 4.78 is 5.27. The van der Waals surface area contributed by atoms with E-state index in [1.807, 2.05) is 12.1 Å². The van der Waals surface area contributed by atoms with Gasteiger partial charge < -0.3 is 10.3 Å². The lowest BCUT2D eigenvalue weighted by Crippen LogP contribution is -2.10. The molecule has 3 nitrogen and oxygen atoms in total. The Morgan fingerprint density at radius 3 is 2.70 bits per heavy atom. The van der Waals surface area contributed by atoms with Crippen molar-refractivity contribution >= 4 is 5.88 Å². The number of nitrogens with zero attached hydrogens (tertiary/aromatic N) is 1. The van der Waals surface area contributed by atoms with Crippen LogP contribution < -0.4 is 5.73 Å². The molecule has 0 unspecified atom stereocenters. The molecule has 2 N–H and O–H groups in total. The summed E-state index contributed by atoms with van der Waals surface area (Å²) in [6.45, 7) is 2.10. The SMILES string of the molecule is Cc1ccccc1-c1c(CC2CCCCC2)noc1N. The normalized spacial score (nSPS) is 16.4. The van der Waals surface area contributed by atoms with E-state index in [2.05, 4.69) is 24.2 Å². The van der Waals surface area contributed by atoms with Crippen LogP contribution in [0.5, 0.6) is 0 Å². The molecule has 3 heteroatoms. The van der Waals surface area contributed by atoms with Crippen LogP contribution in [-0.2, 0) is 6.42 Å². The summed E-state index contributed by atoms with van der Waals surface area (Å²) in [5.41, 5.74) is 10.4. The number of hydrogen-bond donors (Lipinski definition) is 1. The molecule has 0 aliphatic heterocycles. The fraction of sp³-hybridized carbons (Fsp3) is 0.471. The molecule has 0 amide bonds. The number of aryl methyl sites for hydroxylation is 1.